The zero-order valence-electron chi connectivity index (χ0n) is 28.8. The third kappa shape index (κ3) is 6.11. The topological polar surface area (TPSA) is 166 Å². The minimum atomic E-state index is -1.31. The molecule has 0 atom stereocenters. The van der Waals surface area contributed by atoms with Gasteiger partial charge in [-0.2, -0.15) is 9.97 Å². The molecule has 53 heavy (non-hydrogen) atoms. The molecule has 0 radical (unpaired) electrons. The number of nitrogens with one attached hydrogen (secondary N) is 1. The van der Waals surface area contributed by atoms with Crippen LogP contribution in [0.5, 0.6) is 5.88 Å². The molecular weight excluding hydrogens is 670 g/mol. The molecule has 1 aliphatic carbocycles. The van der Waals surface area contributed by atoms with Gasteiger partial charge < -0.3 is 34.7 Å². The Morgan fingerprint density at radius 3 is 2.51 bits per heavy atom. The van der Waals surface area contributed by atoms with Crippen molar-refractivity contribution < 1.29 is 23.8 Å². The van der Waals surface area contributed by atoms with Crippen LogP contribution in [-0.2, 0) is 13.0 Å². The van der Waals surface area contributed by atoms with Crippen molar-refractivity contribution in [3.05, 3.63) is 113 Å². The number of benzene rings is 4. The van der Waals surface area contributed by atoms with Crippen LogP contribution in [0.4, 0.5) is 11.6 Å². The second-order valence-electron chi connectivity index (χ2n) is 13.6. The fourth-order valence-corrected chi connectivity index (χ4v) is 7.09. The fourth-order valence-electron chi connectivity index (χ4n) is 7.09. The molecule has 3 aromatic carbocycles. The lowest BCUT2D eigenvalue weighted by Gasteiger charge is -2.33. The number of hydrogen-bond donors (Lipinski definition) is 2. The lowest BCUT2D eigenvalue weighted by molar-refractivity contribution is -0.254. The van der Waals surface area contributed by atoms with Crippen LogP contribution >= 0.6 is 0 Å². The van der Waals surface area contributed by atoms with Gasteiger partial charge in [0, 0.05) is 65.0 Å². The van der Waals surface area contributed by atoms with Gasteiger partial charge in [-0.15, -0.1) is 0 Å². The number of rotatable bonds is 10. The summed E-state index contributed by atoms with van der Waals surface area (Å²) in [5.74, 6) is -0.348. The van der Waals surface area contributed by atoms with Crippen molar-refractivity contribution in [1.29, 1.82) is 0 Å². The Hall–Kier alpha value is -6.56. The summed E-state index contributed by atoms with van der Waals surface area (Å²) in [6.45, 7) is 4.19. The minimum absolute atomic E-state index is 0.0183. The number of imidazole rings is 1. The number of carboxylic acids is 1. The summed E-state index contributed by atoms with van der Waals surface area (Å²) in [6.07, 6.45) is 4.54. The van der Waals surface area contributed by atoms with Crippen LogP contribution in [0.25, 0.3) is 44.6 Å². The normalized spacial score (nSPS) is 14.0. The van der Waals surface area contributed by atoms with Crippen molar-refractivity contribution in [2.45, 2.75) is 32.3 Å². The SMILES string of the molecule is Nc1nc(OCc2ccc(CCC(=O)c3ccc(C(=O)[O-])c(-c4c5ccc(=[N+]6CCC6)cc-5oc5cc(N6CCC6)ccc45)c3)cc2)c2[nH]cnc2n1. The number of ether oxygens (including phenoxy) is 1. The van der Waals surface area contributed by atoms with E-state index >= 15 is 0 Å². The van der Waals surface area contributed by atoms with E-state index < -0.39 is 5.97 Å². The zero-order chi connectivity index (χ0) is 36.1. The molecule has 5 heterocycles. The Kier molecular flexibility index (Phi) is 8.06. The molecule has 0 unspecified atom stereocenters. The molecule has 9 rings (SSSR count). The molecule has 0 saturated carbocycles. The van der Waals surface area contributed by atoms with Crippen molar-refractivity contribution in [2.75, 3.05) is 36.8 Å². The molecule has 0 amide bonds. The van der Waals surface area contributed by atoms with E-state index in [1.54, 1.807) is 12.1 Å². The molecule has 12 heteroatoms. The van der Waals surface area contributed by atoms with E-state index in [-0.39, 0.29) is 30.3 Å². The molecule has 12 nitrogen and oxygen atoms in total. The summed E-state index contributed by atoms with van der Waals surface area (Å²) in [6, 6.07) is 24.7. The molecule has 0 bridgehead atoms. The number of aromatic nitrogens is 4. The fraction of sp³-hybridized carbons (Fsp3) is 0.220. The lowest BCUT2D eigenvalue weighted by Crippen LogP contribution is -2.40. The van der Waals surface area contributed by atoms with E-state index in [4.69, 9.17) is 14.9 Å². The van der Waals surface area contributed by atoms with Crippen molar-refractivity contribution in [1.82, 2.24) is 24.5 Å². The predicted molar refractivity (Wildman–Crippen MR) is 199 cm³/mol. The van der Waals surface area contributed by atoms with E-state index in [2.05, 4.69) is 41.5 Å². The summed E-state index contributed by atoms with van der Waals surface area (Å²) < 4.78 is 14.7. The monoisotopic (exact) mass is 705 g/mol. The molecule has 2 saturated heterocycles. The Morgan fingerprint density at radius 1 is 0.925 bits per heavy atom. The van der Waals surface area contributed by atoms with Crippen LogP contribution in [0.1, 0.15) is 51.1 Å². The first-order valence-corrected chi connectivity index (χ1v) is 17.8. The van der Waals surface area contributed by atoms with Gasteiger partial charge in [0.2, 0.25) is 17.2 Å². The third-order valence-corrected chi connectivity index (χ3v) is 10.3. The highest BCUT2D eigenvalue weighted by Gasteiger charge is 2.25. The molecule has 3 aliphatic heterocycles. The number of aromatic amines is 1. The largest absolute Gasteiger partial charge is 0.545 e. The highest BCUT2D eigenvalue weighted by molar-refractivity contribution is 6.09. The number of Topliss-reactive ketones (excluding diaryl/α,β-unsaturated/α-hetero) is 1. The summed E-state index contributed by atoms with van der Waals surface area (Å²) in [7, 11) is 0. The maximum atomic E-state index is 13.7. The number of ketones is 1. The minimum Gasteiger partial charge on any atom is -0.545 e. The number of aryl methyl sites for hydroxylation is 1. The van der Waals surface area contributed by atoms with E-state index in [9.17, 15) is 14.7 Å². The summed E-state index contributed by atoms with van der Waals surface area (Å²) in [5, 5.41) is 14.4. The average molecular weight is 706 g/mol. The smallest absolute Gasteiger partial charge is 0.245 e. The number of aromatic carboxylic acids is 1. The van der Waals surface area contributed by atoms with Gasteiger partial charge in [0.25, 0.3) is 0 Å². The molecule has 2 fully saturated rings. The van der Waals surface area contributed by atoms with Crippen LogP contribution < -0.4 is 30.4 Å². The third-order valence-electron chi connectivity index (χ3n) is 10.3. The Morgan fingerprint density at radius 2 is 1.75 bits per heavy atom. The number of carboxylic acid groups (broad SMARTS) is 1. The van der Waals surface area contributed by atoms with Gasteiger partial charge in [0.05, 0.1) is 24.8 Å². The van der Waals surface area contributed by atoms with E-state index in [1.165, 1.54) is 12.4 Å². The van der Waals surface area contributed by atoms with Gasteiger partial charge in [-0.3, -0.25) is 4.79 Å². The number of nitrogen functional groups attached to an aromatic ring is 1. The van der Waals surface area contributed by atoms with Crippen molar-refractivity contribution in [3.63, 3.8) is 0 Å². The van der Waals surface area contributed by atoms with Gasteiger partial charge >= 0.3 is 0 Å². The molecule has 5 aromatic rings. The number of H-pyrrole nitrogens is 1. The molecule has 0 spiro atoms. The molecule has 264 valence electrons. The maximum Gasteiger partial charge on any atom is 0.245 e. The quantitative estimate of drug-likeness (QED) is 0.117. The maximum absolute atomic E-state index is 13.7. The average Bonchev–Trinajstić information content (AvgIpc) is 3.59. The van der Waals surface area contributed by atoms with Crippen molar-refractivity contribution in [2.24, 2.45) is 0 Å². The van der Waals surface area contributed by atoms with E-state index in [0.29, 0.717) is 51.5 Å². The number of nitrogens with two attached hydrogens (primary N) is 1. The first-order chi connectivity index (χ1) is 25.9. The Balaban J connectivity index is 1.00. The van der Waals surface area contributed by atoms with Gasteiger partial charge in [0.1, 0.15) is 36.6 Å². The van der Waals surface area contributed by atoms with E-state index in [0.717, 1.165) is 72.1 Å². The van der Waals surface area contributed by atoms with Gasteiger partial charge in [-0.1, -0.05) is 36.4 Å². The van der Waals surface area contributed by atoms with Crippen LogP contribution in [0.3, 0.4) is 0 Å². The first-order valence-electron chi connectivity index (χ1n) is 17.8. The Labute approximate surface area is 303 Å². The number of hydrogen-bond acceptors (Lipinski definition) is 10. The molecule has 3 N–H and O–H groups in total. The van der Waals surface area contributed by atoms with Crippen LogP contribution in [0.2, 0.25) is 0 Å². The number of anilines is 2. The van der Waals surface area contributed by atoms with Crippen LogP contribution in [0, 0.1) is 0 Å². The number of carbonyl (C=O) groups excluding carboxylic acids is 2. The number of fused-ring (bicyclic) bond motifs is 3. The summed E-state index contributed by atoms with van der Waals surface area (Å²) >= 11 is 0. The number of nitrogens with zero attached hydrogens (tertiary/aromatic N) is 5. The zero-order valence-corrected chi connectivity index (χ0v) is 28.8. The first kappa shape index (κ1) is 32.4. The highest BCUT2D eigenvalue weighted by atomic mass is 16.5. The molecular formula is C41H35N7O5. The second-order valence-corrected chi connectivity index (χ2v) is 13.6. The van der Waals surface area contributed by atoms with Gasteiger partial charge in [-0.25, -0.2) is 9.56 Å². The van der Waals surface area contributed by atoms with Gasteiger partial charge in [-0.05, 0) is 53.8 Å². The van der Waals surface area contributed by atoms with Crippen LogP contribution in [0.15, 0.2) is 89.6 Å². The van der Waals surface area contributed by atoms with Crippen LogP contribution in [-0.4, -0.2) is 57.9 Å². The standard InChI is InChI=1S/C41H35N7O5/c42-41-45-38-37(43-23-44-38)39(46-41)52-22-25-5-3-24(4-6-25)7-14-33(49)26-8-11-29(40(50)51)32(19-26)36-30-12-9-27(47-15-1-16-47)20-34(30)53-35-21-28(10-13-31(35)36)48-17-2-18-48/h3-6,8-13,19-21,23H,1-2,7,14-18,22H2,(H3-,42,43,44,45,46,50,51). The van der Waals surface area contributed by atoms with Crippen molar-refractivity contribution >= 4 is 45.5 Å². The van der Waals surface area contributed by atoms with Crippen molar-refractivity contribution in [3.8, 4) is 28.3 Å². The summed E-state index contributed by atoms with van der Waals surface area (Å²) in [4.78, 5) is 44.0. The second kappa shape index (κ2) is 13.2. The highest BCUT2D eigenvalue weighted by Crippen LogP contribution is 2.42. The van der Waals surface area contributed by atoms with E-state index in [1.807, 2.05) is 48.5 Å². The predicted octanol–water partition coefficient (Wildman–Crippen LogP) is 4.60. The lowest BCUT2D eigenvalue weighted by atomic mass is 9.88. The Bertz CT molecular complexity index is 2600. The molecule has 4 aliphatic rings. The molecule has 2 aromatic heterocycles. The number of carbonyl (C=O) groups is 2. The summed E-state index contributed by atoms with van der Waals surface area (Å²) in [5.41, 5.74) is 12.8. The van der Waals surface area contributed by atoms with Gasteiger partial charge in [0.15, 0.2) is 11.4 Å².